The van der Waals surface area contributed by atoms with Crippen molar-refractivity contribution in [2.45, 2.75) is 13.8 Å². The zero-order valence-corrected chi connectivity index (χ0v) is 10.3. The average Bonchev–Trinajstić information content (AvgIpc) is 2.28. The predicted octanol–water partition coefficient (Wildman–Crippen LogP) is 1.55. The van der Waals surface area contributed by atoms with Crippen LogP contribution in [0, 0.1) is 13.8 Å². The molecule has 1 amide bonds. The molecule has 0 bridgehead atoms. The lowest BCUT2D eigenvalue weighted by Crippen LogP contribution is -2.31. The van der Waals surface area contributed by atoms with E-state index in [9.17, 15) is 9.59 Å². The fraction of sp³-hybridized carbons (Fsp3) is 0.143. The Morgan fingerprint density at radius 2 is 1.78 bits per heavy atom. The number of rotatable bonds is 2. The van der Waals surface area contributed by atoms with Crippen LogP contribution in [0.1, 0.15) is 21.6 Å². The van der Waals surface area contributed by atoms with Gasteiger partial charge < -0.3 is 5.73 Å². The van der Waals surface area contributed by atoms with Crippen molar-refractivity contribution in [3.8, 4) is 5.69 Å². The van der Waals surface area contributed by atoms with Crippen molar-refractivity contribution in [1.29, 1.82) is 0 Å². The number of carbonyl (C=O) groups excluding carboxylic acids is 1. The van der Waals surface area contributed by atoms with Gasteiger partial charge in [-0.05, 0) is 37.6 Å². The molecule has 0 aliphatic rings. The Balaban J connectivity index is 2.81. The Kier molecular flexibility index (Phi) is 3.02. The fourth-order valence-corrected chi connectivity index (χ4v) is 2.09. The van der Waals surface area contributed by atoms with E-state index in [0.717, 1.165) is 11.4 Å². The molecule has 0 fully saturated rings. The van der Waals surface area contributed by atoms with Crippen molar-refractivity contribution < 1.29 is 4.79 Å². The number of para-hydroxylation sites is 1. The van der Waals surface area contributed by atoms with Crippen LogP contribution in [-0.4, -0.2) is 10.5 Å². The molecule has 2 N–H and O–H groups in total. The Bertz CT molecular complexity index is 657. The summed E-state index contributed by atoms with van der Waals surface area (Å²) in [4.78, 5) is 23.7. The van der Waals surface area contributed by atoms with Crippen LogP contribution >= 0.6 is 0 Å². The molecule has 0 spiro atoms. The molecule has 92 valence electrons. The van der Waals surface area contributed by atoms with Gasteiger partial charge in [-0.1, -0.05) is 18.2 Å². The van der Waals surface area contributed by atoms with Crippen molar-refractivity contribution in [2.75, 3.05) is 0 Å². The van der Waals surface area contributed by atoms with Crippen LogP contribution in [-0.2, 0) is 0 Å². The molecular formula is C14H14N2O2. The number of primary amides is 1. The largest absolute Gasteiger partial charge is 0.365 e. The molecule has 0 atom stereocenters. The number of carbonyl (C=O) groups is 1. The Hall–Kier alpha value is -2.36. The first-order valence-electron chi connectivity index (χ1n) is 5.61. The molecule has 0 unspecified atom stereocenters. The van der Waals surface area contributed by atoms with Crippen molar-refractivity contribution in [3.63, 3.8) is 0 Å². The van der Waals surface area contributed by atoms with Gasteiger partial charge in [0.2, 0.25) is 0 Å². The molecule has 2 aromatic rings. The van der Waals surface area contributed by atoms with Crippen LogP contribution in [0.25, 0.3) is 5.69 Å². The summed E-state index contributed by atoms with van der Waals surface area (Å²) in [5.41, 5.74) is 7.04. The molecule has 4 heteroatoms. The van der Waals surface area contributed by atoms with Crippen LogP contribution in [0.2, 0.25) is 0 Å². The quantitative estimate of drug-likeness (QED) is 0.868. The smallest absolute Gasteiger partial charge is 0.268 e. The van der Waals surface area contributed by atoms with E-state index < -0.39 is 5.91 Å². The normalized spacial score (nSPS) is 10.3. The molecule has 0 aliphatic heterocycles. The summed E-state index contributed by atoms with van der Waals surface area (Å²) in [5, 5.41) is 0. The minimum absolute atomic E-state index is 0.0458. The van der Waals surface area contributed by atoms with Crippen LogP contribution < -0.4 is 11.3 Å². The monoisotopic (exact) mass is 242 g/mol. The van der Waals surface area contributed by atoms with Gasteiger partial charge in [-0.25, -0.2) is 0 Å². The summed E-state index contributed by atoms with van der Waals surface area (Å²) < 4.78 is 1.49. The second-order valence-corrected chi connectivity index (χ2v) is 4.18. The minimum Gasteiger partial charge on any atom is -0.365 e. The molecule has 2 rings (SSSR count). The van der Waals surface area contributed by atoms with Crippen LogP contribution in [0.5, 0.6) is 0 Å². The third-order valence-corrected chi connectivity index (χ3v) is 2.85. The Morgan fingerprint density at radius 3 is 2.33 bits per heavy atom. The van der Waals surface area contributed by atoms with E-state index in [2.05, 4.69) is 0 Å². The first-order chi connectivity index (χ1) is 8.52. The van der Waals surface area contributed by atoms with E-state index in [1.54, 1.807) is 13.0 Å². The summed E-state index contributed by atoms with van der Waals surface area (Å²) in [7, 11) is 0. The number of amides is 1. The van der Waals surface area contributed by atoms with Gasteiger partial charge in [0, 0.05) is 11.4 Å². The number of hydrogen-bond donors (Lipinski definition) is 1. The molecule has 1 heterocycles. The van der Waals surface area contributed by atoms with E-state index in [4.69, 9.17) is 5.73 Å². The standard InChI is InChI=1S/C14H14N2O2/c1-9-8-10(2)16(11-6-4-3-5-7-11)14(18)12(9)13(15)17/h3-8H,1-2H3,(H2,15,17). The average molecular weight is 242 g/mol. The lowest BCUT2D eigenvalue weighted by atomic mass is 10.1. The minimum atomic E-state index is -0.692. The number of benzene rings is 1. The lowest BCUT2D eigenvalue weighted by molar-refractivity contribution is 0.0998. The van der Waals surface area contributed by atoms with E-state index in [0.29, 0.717) is 5.56 Å². The van der Waals surface area contributed by atoms with Crippen LogP contribution in [0.3, 0.4) is 0 Å². The lowest BCUT2D eigenvalue weighted by Gasteiger charge is -2.12. The summed E-state index contributed by atoms with van der Waals surface area (Å²) in [6, 6.07) is 11.0. The van der Waals surface area contributed by atoms with E-state index in [1.807, 2.05) is 37.3 Å². The fourth-order valence-electron chi connectivity index (χ4n) is 2.09. The van der Waals surface area contributed by atoms with Gasteiger partial charge >= 0.3 is 0 Å². The maximum atomic E-state index is 12.3. The van der Waals surface area contributed by atoms with Crippen LogP contribution in [0.15, 0.2) is 41.2 Å². The zero-order chi connectivity index (χ0) is 13.3. The highest BCUT2D eigenvalue weighted by molar-refractivity contribution is 5.94. The molecule has 18 heavy (non-hydrogen) atoms. The highest BCUT2D eigenvalue weighted by Crippen LogP contribution is 2.11. The number of aromatic nitrogens is 1. The highest BCUT2D eigenvalue weighted by Gasteiger charge is 2.15. The van der Waals surface area contributed by atoms with Crippen molar-refractivity contribution >= 4 is 5.91 Å². The van der Waals surface area contributed by atoms with Gasteiger partial charge in [0.25, 0.3) is 11.5 Å². The molecule has 0 radical (unpaired) electrons. The van der Waals surface area contributed by atoms with Gasteiger partial charge in [-0.15, -0.1) is 0 Å². The second-order valence-electron chi connectivity index (χ2n) is 4.18. The summed E-state index contributed by atoms with van der Waals surface area (Å²) >= 11 is 0. The SMILES string of the molecule is Cc1cc(C)n(-c2ccccc2)c(=O)c1C(N)=O. The predicted molar refractivity (Wildman–Crippen MR) is 70.0 cm³/mol. The second kappa shape index (κ2) is 4.49. The number of nitrogens with two attached hydrogens (primary N) is 1. The zero-order valence-electron chi connectivity index (χ0n) is 10.3. The van der Waals surface area contributed by atoms with Crippen molar-refractivity contribution in [2.24, 2.45) is 5.73 Å². The number of nitrogens with zero attached hydrogens (tertiary/aromatic N) is 1. The Labute approximate surface area is 105 Å². The van der Waals surface area contributed by atoms with Gasteiger partial charge in [-0.2, -0.15) is 0 Å². The summed E-state index contributed by atoms with van der Waals surface area (Å²) in [6.45, 7) is 3.54. The van der Waals surface area contributed by atoms with E-state index in [1.165, 1.54) is 4.57 Å². The number of aryl methyl sites for hydroxylation is 2. The van der Waals surface area contributed by atoms with Gasteiger partial charge in [0.15, 0.2) is 0 Å². The van der Waals surface area contributed by atoms with E-state index in [-0.39, 0.29) is 11.1 Å². The summed E-state index contributed by atoms with van der Waals surface area (Å²) in [5.74, 6) is -0.692. The van der Waals surface area contributed by atoms with Crippen molar-refractivity contribution in [3.05, 3.63) is 63.6 Å². The third kappa shape index (κ3) is 1.93. The first kappa shape index (κ1) is 12.1. The van der Waals surface area contributed by atoms with Gasteiger partial charge in [-0.3, -0.25) is 14.2 Å². The molecule has 4 nitrogen and oxygen atoms in total. The Morgan fingerprint density at radius 1 is 1.17 bits per heavy atom. The third-order valence-electron chi connectivity index (χ3n) is 2.85. The molecule has 0 saturated carbocycles. The molecule has 0 saturated heterocycles. The summed E-state index contributed by atoms with van der Waals surface area (Å²) in [6.07, 6.45) is 0. The molecule has 0 aliphatic carbocycles. The molecule has 1 aromatic carbocycles. The molecular weight excluding hydrogens is 228 g/mol. The van der Waals surface area contributed by atoms with E-state index >= 15 is 0 Å². The number of pyridine rings is 1. The molecule has 1 aromatic heterocycles. The number of hydrogen-bond acceptors (Lipinski definition) is 2. The van der Waals surface area contributed by atoms with Crippen molar-refractivity contribution in [1.82, 2.24) is 4.57 Å². The maximum absolute atomic E-state index is 12.3. The van der Waals surface area contributed by atoms with Gasteiger partial charge in [0.1, 0.15) is 5.56 Å². The maximum Gasteiger partial charge on any atom is 0.268 e. The first-order valence-corrected chi connectivity index (χ1v) is 5.61. The highest BCUT2D eigenvalue weighted by atomic mass is 16.2. The topological polar surface area (TPSA) is 65.1 Å². The van der Waals surface area contributed by atoms with Crippen LogP contribution in [0.4, 0.5) is 0 Å². The van der Waals surface area contributed by atoms with Gasteiger partial charge in [0.05, 0.1) is 0 Å².